The highest BCUT2D eigenvalue weighted by Gasteiger charge is 2.13. The van der Waals surface area contributed by atoms with E-state index in [1.165, 1.54) is 0 Å². The molecule has 0 saturated heterocycles. The Kier molecular flexibility index (Phi) is 3.99. The molecule has 0 spiro atoms. The minimum Gasteiger partial charge on any atom is -0.321 e. The van der Waals surface area contributed by atoms with Crippen LogP contribution in [0.5, 0.6) is 0 Å². The molecular formula is C19H16BrNO. The highest BCUT2D eigenvalue weighted by atomic mass is 79.9. The minimum atomic E-state index is -0.0881. The van der Waals surface area contributed by atoms with Gasteiger partial charge in [-0.2, -0.15) is 0 Å². The van der Waals surface area contributed by atoms with Crippen molar-refractivity contribution < 1.29 is 4.79 Å². The standard InChI is InChI=1S/C19H16BrNO/c1-12-6-5-7-13(2)18(12)21-19(22)17-11-15(20)10-14-8-3-4-9-16(14)17/h3-11H,1-2H3,(H,21,22). The van der Waals surface area contributed by atoms with Crippen molar-refractivity contribution in [2.75, 3.05) is 5.32 Å². The fourth-order valence-electron chi connectivity index (χ4n) is 2.65. The van der Waals surface area contributed by atoms with Gasteiger partial charge in [0.05, 0.1) is 0 Å². The van der Waals surface area contributed by atoms with Crippen LogP contribution in [0, 0.1) is 13.8 Å². The smallest absolute Gasteiger partial charge is 0.256 e. The number of aryl methyl sites for hydroxylation is 2. The molecule has 0 atom stereocenters. The van der Waals surface area contributed by atoms with Gasteiger partial charge in [0.15, 0.2) is 0 Å². The Morgan fingerprint density at radius 1 is 0.955 bits per heavy atom. The van der Waals surface area contributed by atoms with Crippen LogP contribution in [-0.2, 0) is 0 Å². The van der Waals surface area contributed by atoms with Crippen molar-refractivity contribution in [1.29, 1.82) is 0 Å². The summed E-state index contributed by atoms with van der Waals surface area (Å²) in [6.07, 6.45) is 0. The Labute approximate surface area is 138 Å². The van der Waals surface area contributed by atoms with Gasteiger partial charge in [-0.3, -0.25) is 4.79 Å². The van der Waals surface area contributed by atoms with Crippen LogP contribution in [0.25, 0.3) is 10.8 Å². The molecule has 0 fully saturated rings. The number of para-hydroxylation sites is 1. The zero-order chi connectivity index (χ0) is 15.7. The summed E-state index contributed by atoms with van der Waals surface area (Å²) in [6.45, 7) is 4.00. The van der Waals surface area contributed by atoms with Crippen LogP contribution in [0.15, 0.2) is 59.1 Å². The molecule has 3 heteroatoms. The molecule has 22 heavy (non-hydrogen) atoms. The van der Waals surface area contributed by atoms with E-state index in [0.717, 1.165) is 32.1 Å². The molecule has 3 aromatic rings. The summed E-state index contributed by atoms with van der Waals surface area (Å²) in [4.78, 5) is 12.8. The first-order valence-corrected chi connectivity index (χ1v) is 7.91. The lowest BCUT2D eigenvalue weighted by Gasteiger charge is -2.13. The monoisotopic (exact) mass is 353 g/mol. The number of carbonyl (C=O) groups is 1. The molecule has 0 aliphatic carbocycles. The number of hydrogen-bond donors (Lipinski definition) is 1. The second-order valence-electron chi connectivity index (χ2n) is 5.40. The fraction of sp³-hybridized carbons (Fsp3) is 0.105. The van der Waals surface area contributed by atoms with Crippen molar-refractivity contribution in [1.82, 2.24) is 0 Å². The number of anilines is 1. The second-order valence-corrected chi connectivity index (χ2v) is 6.31. The summed E-state index contributed by atoms with van der Waals surface area (Å²) in [6, 6.07) is 17.8. The maximum absolute atomic E-state index is 12.8. The predicted molar refractivity (Wildman–Crippen MR) is 95.5 cm³/mol. The lowest BCUT2D eigenvalue weighted by molar-refractivity contribution is 0.102. The molecule has 0 unspecified atom stereocenters. The topological polar surface area (TPSA) is 29.1 Å². The maximum atomic E-state index is 12.8. The van der Waals surface area contributed by atoms with Crippen molar-refractivity contribution in [3.8, 4) is 0 Å². The lowest BCUT2D eigenvalue weighted by Crippen LogP contribution is -2.14. The summed E-state index contributed by atoms with van der Waals surface area (Å²) < 4.78 is 0.901. The molecular weight excluding hydrogens is 338 g/mol. The van der Waals surface area contributed by atoms with E-state index in [-0.39, 0.29) is 5.91 Å². The fourth-order valence-corrected chi connectivity index (χ4v) is 3.13. The normalized spacial score (nSPS) is 10.7. The Morgan fingerprint density at radius 2 is 1.64 bits per heavy atom. The third-order valence-electron chi connectivity index (χ3n) is 3.79. The van der Waals surface area contributed by atoms with Crippen molar-refractivity contribution in [3.63, 3.8) is 0 Å². The number of benzene rings is 3. The second kappa shape index (κ2) is 5.93. The van der Waals surface area contributed by atoms with Crippen LogP contribution >= 0.6 is 15.9 Å². The average molecular weight is 354 g/mol. The van der Waals surface area contributed by atoms with Gasteiger partial charge in [-0.15, -0.1) is 0 Å². The van der Waals surface area contributed by atoms with Gasteiger partial charge in [-0.1, -0.05) is 58.4 Å². The Bertz CT molecular complexity index is 850. The lowest BCUT2D eigenvalue weighted by atomic mass is 10.0. The molecule has 0 aromatic heterocycles. The van der Waals surface area contributed by atoms with Crippen LogP contribution in [0.3, 0.4) is 0 Å². The Morgan fingerprint density at radius 3 is 2.36 bits per heavy atom. The van der Waals surface area contributed by atoms with Crippen LogP contribution in [-0.4, -0.2) is 5.91 Å². The molecule has 0 radical (unpaired) electrons. The number of halogens is 1. The van der Waals surface area contributed by atoms with Gasteiger partial charge >= 0.3 is 0 Å². The molecule has 1 N–H and O–H groups in total. The number of fused-ring (bicyclic) bond motifs is 1. The highest BCUT2D eigenvalue weighted by Crippen LogP contribution is 2.26. The van der Waals surface area contributed by atoms with Gasteiger partial charge in [-0.25, -0.2) is 0 Å². The van der Waals surface area contributed by atoms with Gasteiger partial charge in [0.2, 0.25) is 0 Å². The number of nitrogens with one attached hydrogen (secondary N) is 1. The van der Waals surface area contributed by atoms with Crippen LogP contribution in [0.2, 0.25) is 0 Å². The number of rotatable bonds is 2. The molecule has 0 bridgehead atoms. The Balaban J connectivity index is 2.06. The summed E-state index contributed by atoms with van der Waals surface area (Å²) in [7, 11) is 0. The molecule has 1 amide bonds. The van der Waals surface area contributed by atoms with Gasteiger partial charge in [0, 0.05) is 15.7 Å². The van der Waals surface area contributed by atoms with E-state index in [4.69, 9.17) is 0 Å². The van der Waals surface area contributed by atoms with E-state index < -0.39 is 0 Å². The molecule has 110 valence electrons. The van der Waals surface area contributed by atoms with Gasteiger partial charge in [0.25, 0.3) is 5.91 Å². The predicted octanol–water partition coefficient (Wildman–Crippen LogP) is 5.47. The van der Waals surface area contributed by atoms with E-state index in [2.05, 4.69) is 21.2 Å². The minimum absolute atomic E-state index is 0.0881. The zero-order valence-corrected chi connectivity index (χ0v) is 14.1. The number of amides is 1. The third kappa shape index (κ3) is 2.77. The molecule has 0 aliphatic rings. The summed E-state index contributed by atoms with van der Waals surface area (Å²) in [5, 5.41) is 5.05. The van der Waals surface area contributed by atoms with Crippen LogP contribution < -0.4 is 5.32 Å². The number of hydrogen-bond acceptors (Lipinski definition) is 1. The summed E-state index contributed by atoms with van der Waals surface area (Å²) in [5.74, 6) is -0.0881. The molecule has 0 aliphatic heterocycles. The van der Waals surface area contributed by atoms with Crippen molar-refractivity contribution >= 4 is 38.3 Å². The molecule has 2 nitrogen and oxygen atoms in total. The third-order valence-corrected chi connectivity index (χ3v) is 4.25. The van der Waals surface area contributed by atoms with E-state index >= 15 is 0 Å². The van der Waals surface area contributed by atoms with E-state index in [1.807, 2.05) is 68.4 Å². The van der Waals surface area contributed by atoms with Crippen LogP contribution in [0.4, 0.5) is 5.69 Å². The summed E-state index contributed by atoms with van der Waals surface area (Å²) >= 11 is 3.49. The first kappa shape index (κ1) is 14.8. The Hall–Kier alpha value is -2.13. The molecule has 3 aromatic carbocycles. The van der Waals surface area contributed by atoms with Gasteiger partial charge in [-0.05, 0) is 47.9 Å². The van der Waals surface area contributed by atoms with Gasteiger partial charge < -0.3 is 5.32 Å². The van der Waals surface area contributed by atoms with Crippen molar-refractivity contribution in [3.05, 3.63) is 75.8 Å². The molecule has 0 saturated carbocycles. The van der Waals surface area contributed by atoms with Gasteiger partial charge in [0.1, 0.15) is 0 Å². The SMILES string of the molecule is Cc1cccc(C)c1NC(=O)c1cc(Br)cc2ccccc12. The quantitative estimate of drug-likeness (QED) is 0.649. The van der Waals surface area contributed by atoms with Crippen LogP contribution in [0.1, 0.15) is 21.5 Å². The number of carbonyl (C=O) groups excluding carboxylic acids is 1. The average Bonchev–Trinajstić information content (AvgIpc) is 2.50. The molecule has 0 heterocycles. The maximum Gasteiger partial charge on any atom is 0.256 e. The van der Waals surface area contributed by atoms with Crippen molar-refractivity contribution in [2.45, 2.75) is 13.8 Å². The first-order chi connectivity index (χ1) is 10.6. The first-order valence-electron chi connectivity index (χ1n) is 7.12. The van der Waals surface area contributed by atoms with Crippen molar-refractivity contribution in [2.24, 2.45) is 0 Å². The highest BCUT2D eigenvalue weighted by molar-refractivity contribution is 9.10. The van der Waals surface area contributed by atoms with E-state index in [1.54, 1.807) is 0 Å². The van der Waals surface area contributed by atoms with E-state index in [0.29, 0.717) is 5.56 Å². The zero-order valence-electron chi connectivity index (χ0n) is 12.5. The largest absolute Gasteiger partial charge is 0.321 e. The summed E-state index contributed by atoms with van der Waals surface area (Å²) in [5.41, 5.74) is 3.68. The van der Waals surface area contributed by atoms with E-state index in [9.17, 15) is 4.79 Å². The molecule has 3 rings (SSSR count).